The van der Waals surface area contributed by atoms with Crippen molar-refractivity contribution in [3.63, 3.8) is 0 Å². The maximum Gasteiger partial charge on any atom is 0.325 e. The van der Waals surface area contributed by atoms with Crippen molar-refractivity contribution in [3.8, 4) is 0 Å². The number of carboxylic acids is 1. The standard InChI is InChI=1S/C29H25ClFN7O5S/c1-15(39)13-38-25(16(2)20-11-17(31)7-8-21(20)30)26(34-28(42)24-19-5-3-4-6-22(19)44-36-24)33-27(38)29(43)32-12-18-9-10-37(35-18)14-23(40)41/h3-11,16H,12-14H2,1-2H3,(H,32,43)(H,34,42)(H,40,41)/t16-/m0/s1. The van der Waals surface area contributed by atoms with Crippen LogP contribution in [0.15, 0.2) is 54.7 Å². The summed E-state index contributed by atoms with van der Waals surface area (Å²) in [6, 6.07) is 12.6. The largest absolute Gasteiger partial charge is 0.480 e. The normalized spacial score (nSPS) is 11.8. The highest BCUT2D eigenvalue weighted by Gasteiger charge is 2.30. The maximum absolute atomic E-state index is 14.3. The van der Waals surface area contributed by atoms with Gasteiger partial charge in [0.25, 0.3) is 11.8 Å². The van der Waals surface area contributed by atoms with Gasteiger partial charge < -0.3 is 20.3 Å². The molecule has 0 unspecified atom stereocenters. The zero-order chi connectivity index (χ0) is 31.5. The lowest BCUT2D eigenvalue weighted by Gasteiger charge is -2.19. The second kappa shape index (κ2) is 12.7. The molecule has 2 aromatic carbocycles. The second-order valence-electron chi connectivity index (χ2n) is 9.91. The molecular formula is C29H25ClFN7O5S. The number of benzene rings is 2. The summed E-state index contributed by atoms with van der Waals surface area (Å²) in [4.78, 5) is 54.9. The van der Waals surface area contributed by atoms with Gasteiger partial charge in [0.05, 0.1) is 29.2 Å². The molecule has 3 aromatic heterocycles. The van der Waals surface area contributed by atoms with E-state index in [9.17, 15) is 23.6 Å². The highest BCUT2D eigenvalue weighted by Crippen LogP contribution is 2.36. The van der Waals surface area contributed by atoms with E-state index in [0.29, 0.717) is 16.6 Å². The smallest absolute Gasteiger partial charge is 0.325 e. The molecule has 3 heterocycles. The quantitative estimate of drug-likeness (QED) is 0.191. The van der Waals surface area contributed by atoms with E-state index < -0.39 is 29.5 Å². The van der Waals surface area contributed by atoms with E-state index in [-0.39, 0.29) is 53.5 Å². The van der Waals surface area contributed by atoms with Crippen LogP contribution >= 0.6 is 23.1 Å². The Morgan fingerprint density at radius 2 is 1.86 bits per heavy atom. The Bertz CT molecular complexity index is 1920. The molecule has 0 aliphatic rings. The van der Waals surface area contributed by atoms with E-state index in [2.05, 4.69) is 25.1 Å². The molecule has 0 fully saturated rings. The van der Waals surface area contributed by atoms with Gasteiger partial charge >= 0.3 is 5.97 Å². The monoisotopic (exact) mass is 637 g/mol. The lowest BCUT2D eigenvalue weighted by Crippen LogP contribution is -2.28. The van der Waals surface area contributed by atoms with Gasteiger partial charge in [-0.25, -0.2) is 9.37 Å². The molecule has 5 rings (SSSR count). The van der Waals surface area contributed by atoms with Crippen molar-refractivity contribution in [3.05, 3.63) is 94.0 Å². The predicted molar refractivity (Wildman–Crippen MR) is 160 cm³/mol. The minimum atomic E-state index is -1.07. The van der Waals surface area contributed by atoms with E-state index in [4.69, 9.17) is 16.7 Å². The molecule has 44 heavy (non-hydrogen) atoms. The fraction of sp³-hybridized carbons (Fsp3) is 0.207. The number of nitrogens with zero attached hydrogens (tertiary/aromatic N) is 5. The molecule has 0 saturated carbocycles. The molecule has 15 heteroatoms. The third kappa shape index (κ3) is 6.50. The van der Waals surface area contributed by atoms with Gasteiger partial charge in [0.2, 0.25) is 5.82 Å². The summed E-state index contributed by atoms with van der Waals surface area (Å²) < 4.78 is 22.0. The van der Waals surface area contributed by atoms with Gasteiger partial charge in [-0.2, -0.15) is 9.47 Å². The van der Waals surface area contributed by atoms with Crippen LogP contribution in [0.1, 0.15) is 57.8 Å². The summed E-state index contributed by atoms with van der Waals surface area (Å²) in [5, 5.41) is 19.4. The van der Waals surface area contributed by atoms with Crippen LogP contribution in [0.25, 0.3) is 10.1 Å². The first-order valence-electron chi connectivity index (χ1n) is 13.2. The fourth-order valence-corrected chi connectivity index (χ4v) is 5.79. The van der Waals surface area contributed by atoms with Gasteiger partial charge in [-0.3, -0.25) is 23.9 Å². The number of carboxylic acid groups (broad SMARTS) is 1. The number of imidazole rings is 1. The zero-order valence-corrected chi connectivity index (χ0v) is 24.9. The van der Waals surface area contributed by atoms with Crippen molar-refractivity contribution in [1.82, 2.24) is 29.0 Å². The molecule has 226 valence electrons. The minimum absolute atomic E-state index is 0.0305. The van der Waals surface area contributed by atoms with Crippen LogP contribution in [-0.2, 0) is 29.2 Å². The van der Waals surface area contributed by atoms with Crippen LogP contribution in [0, 0.1) is 5.82 Å². The summed E-state index contributed by atoms with van der Waals surface area (Å²) in [7, 11) is 0. The number of Topliss-reactive ketones (excluding diaryl/α,β-unsaturated/α-hetero) is 1. The number of aromatic nitrogens is 5. The number of hydrogen-bond donors (Lipinski definition) is 3. The van der Waals surface area contributed by atoms with Gasteiger partial charge in [-0.15, -0.1) is 0 Å². The Labute approximate surface area is 258 Å². The predicted octanol–water partition coefficient (Wildman–Crippen LogP) is 4.49. The van der Waals surface area contributed by atoms with Crippen molar-refractivity contribution in [1.29, 1.82) is 0 Å². The van der Waals surface area contributed by atoms with Crippen molar-refractivity contribution in [2.75, 3.05) is 5.32 Å². The number of carbonyl (C=O) groups excluding carboxylic acids is 3. The van der Waals surface area contributed by atoms with Crippen LogP contribution in [-0.4, -0.2) is 52.4 Å². The number of carbonyl (C=O) groups is 4. The van der Waals surface area contributed by atoms with Gasteiger partial charge in [0.15, 0.2) is 5.82 Å². The lowest BCUT2D eigenvalue weighted by atomic mass is 9.96. The van der Waals surface area contributed by atoms with Crippen molar-refractivity contribution in [2.45, 2.75) is 39.4 Å². The molecule has 0 saturated heterocycles. The maximum atomic E-state index is 14.3. The zero-order valence-electron chi connectivity index (χ0n) is 23.4. The van der Waals surface area contributed by atoms with Gasteiger partial charge in [-0.1, -0.05) is 36.7 Å². The van der Waals surface area contributed by atoms with E-state index in [1.807, 2.05) is 12.1 Å². The Morgan fingerprint density at radius 3 is 2.61 bits per heavy atom. The summed E-state index contributed by atoms with van der Waals surface area (Å²) in [5.74, 6) is -4.19. The Balaban J connectivity index is 1.55. The number of amides is 2. The molecule has 1 atom stereocenters. The molecule has 2 amide bonds. The molecule has 0 bridgehead atoms. The SMILES string of the molecule is CC(=O)Cn1c(C(=O)NCc2ccn(CC(=O)O)n2)nc(NC(=O)c2nsc3ccccc23)c1[C@@H](C)c1cc(F)ccc1Cl. The number of nitrogens with one attached hydrogen (secondary N) is 2. The van der Waals surface area contributed by atoms with Crippen LogP contribution in [0.2, 0.25) is 5.02 Å². The molecule has 0 spiro atoms. The van der Waals surface area contributed by atoms with Crippen molar-refractivity contribution in [2.24, 2.45) is 0 Å². The summed E-state index contributed by atoms with van der Waals surface area (Å²) in [6.45, 7) is 2.31. The Hall–Kier alpha value is -4.95. The molecule has 3 N–H and O–H groups in total. The summed E-state index contributed by atoms with van der Waals surface area (Å²) in [5.41, 5.74) is 1.13. The van der Waals surface area contributed by atoms with E-state index in [1.165, 1.54) is 40.6 Å². The first kappa shape index (κ1) is 30.5. The first-order valence-corrected chi connectivity index (χ1v) is 14.4. The average Bonchev–Trinajstić information content (AvgIpc) is 3.69. The minimum Gasteiger partial charge on any atom is -0.480 e. The molecular weight excluding hydrogens is 613 g/mol. The lowest BCUT2D eigenvalue weighted by molar-refractivity contribution is -0.137. The van der Waals surface area contributed by atoms with Crippen molar-refractivity contribution < 1.29 is 28.7 Å². The number of hydrogen-bond acceptors (Lipinski definition) is 8. The molecule has 0 aliphatic heterocycles. The van der Waals surface area contributed by atoms with Crippen molar-refractivity contribution >= 4 is 62.6 Å². The third-order valence-electron chi connectivity index (χ3n) is 6.67. The topological polar surface area (TPSA) is 161 Å². The first-order chi connectivity index (χ1) is 21.0. The Morgan fingerprint density at radius 1 is 1.09 bits per heavy atom. The van der Waals surface area contributed by atoms with E-state index >= 15 is 0 Å². The van der Waals surface area contributed by atoms with Crippen LogP contribution in [0.3, 0.4) is 0 Å². The molecule has 5 aromatic rings. The average molecular weight is 638 g/mol. The van der Waals surface area contributed by atoms with Crippen LogP contribution < -0.4 is 10.6 Å². The number of halogens is 2. The number of fused-ring (bicyclic) bond motifs is 1. The number of aliphatic carboxylic acids is 1. The van der Waals surface area contributed by atoms with E-state index in [1.54, 1.807) is 25.1 Å². The highest BCUT2D eigenvalue weighted by atomic mass is 35.5. The number of rotatable bonds is 11. The van der Waals surface area contributed by atoms with Gasteiger partial charge in [0.1, 0.15) is 23.8 Å². The number of anilines is 1. The molecule has 0 radical (unpaired) electrons. The van der Waals surface area contributed by atoms with Gasteiger partial charge in [-0.05, 0) is 54.4 Å². The fourth-order valence-electron chi connectivity index (χ4n) is 4.74. The second-order valence-corrected chi connectivity index (χ2v) is 11.1. The molecule has 12 nitrogen and oxygen atoms in total. The summed E-state index contributed by atoms with van der Waals surface area (Å²) in [6.07, 6.45) is 1.46. The molecule has 0 aliphatic carbocycles. The Kier molecular flexibility index (Phi) is 8.83. The highest BCUT2D eigenvalue weighted by molar-refractivity contribution is 7.13. The van der Waals surface area contributed by atoms with Crippen LogP contribution in [0.4, 0.5) is 10.2 Å². The van der Waals surface area contributed by atoms with Gasteiger partial charge in [0, 0.05) is 22.5 Å². The van der Waals surface area contributed by atoms with Crippen LogP contribution in [0.5, 0.6) is 0 Å². The third-order valence-corrected chi connectivity index (χ3v) is 7.84. The number of ketones is 1. The summed E-state index contributed by atoms with van der Waals surface area (Å²) >= 11 is 7.59. The van der Waals surface area contributed by atoms with E-state index in [0.717, 1.165) is 16.2 Å².